The largest absolute Gasteiger partial charge is 0.326 e. The summed E-state index contributed by atoms with van der Waals surface area (Å²) in [6.45, 7) is 6.39. The lowest BCUT2D eigenvalue weighted by molar-refractivity contribution is 1.07. The van der Waals surface area contributed by atoms with E-state index in [2.05, 4.69) is 25.6 Å². The van der Waals surface area contributed by atoms with Gasteiger partial charge in [-0.2, -0.15) is 0 Å². The summed E-state index contributed by atoms with van der Waals surface area (Å²) in [6, 6.07) is 6.18. The Balaban J connectivity index is 3.12. The van der Waals surface area contributed by atoms with Crippen LogP contribution in [0.15, 0.2) is 24.8 Å². The van der Waals surface area contributed by atoms with Gasteiger partial charge in [0.05, 0.1) is 0 Å². The van der Waals surface area contributed by atoms with E-state index in [1.165, 1.54) is 11.1 Å². The lowest BCUT2D eigenvalue weighted by atomic mass is 10.1. The summed E-state index contributed by atoms with van der Waals surface area (Å²) >= 11 is 0. The molecule has 0 saturated carbocycles. The minimum absolute atomic E-state index is 0.598. The van der Waals surface area contributed by atoms with Crippen LogP contribution in [0.3, 0.4) is 0 Å². The third-order valence-corrected chi connectivity index (χ3v) is 1.80. The predicted octanol–water partition coefficient (Wildman–Crippen LogP) is 2.10. The Kier molecular flexibility index (Phi) is 2.44. The van der Waals surface area contributed by atoms with Crippen molar-refractivity contribution in [2.75, 3.05) is 0 Å². The predicted molar refractivity (Wildman–Crippen MR) is 49.2 cm³/mol. The highest BCUT2D eigenvalue weighted by Crippen LogP contribution is 2.11. The molecule has 0 heterocycles. The maximum absolute atomic E-state index is 5.49. The highest BCUT2D eigenvalue weighted by molar-refractivity contribution is 5.52. The molecular weight excluding hydrogens is 134 g/mol. The molecule has 1 nitrogen and oxygen atoms in total. The van der Waals surface area contributed by atoms with Crippen LogP contribution >= 0.6 is 0 Å². The lowest BCUT2D eigenvalue weighted by Crippen LogP contribution is -1.96. The van der Waals surface area contributed by atoms with Crippen molar-refractivity contribution in [1.29, 1.82) is 0 Å². The van der Waals surface area contributed by atoms with E-state index in [-0.39, 0.29) is 0 Å². The van der Waals surface area contributed by atoms with Crippen LogP contribution in [0.4, 0.5) is 0 Å². The second-order valence-corrected chi connectivity index (χ2v) is 2.60. The molecule has 11 heavy (non-hydrogen) atoms. The standard InChI is InChI=1S/C10H13N/c1-3-10-6-9(7-11)5-4-8(10)2/h3-6H,1,7,11H2,2H3. The van der Waals surface area contributed by atoms with Crippen molar-refractivity contribution < 1.29 is 0 Å². The fourth-order valence-electron chi connectivity index (χ4n) is 1.04. The fraction of sp³-hybridized carbons (Fsp3) is 0.200. The molecule has 1 aromatic carbocycles. The quantitative estimate of drug-likeness (QED) is 0.681. The topological polar surface area (TPSA) is 26.0 Å². The monoisotopic (exact) mass is 147 g/mol. The zero-order chi connectivity index (χ0) is 8.27. The van der Waals surface area contributed by atoms with Crippen molar-refractivity contribution in [1.82, 2.24) is 0 Å². The highest BCUT2D eigenvalue weighted by Gasteiger charge is 1.94. The maximum Gasteiger partial charge on any atom is 0.0178 e. The highest BCUT2D eigenvalue weighted by atomic mass is 14.5. The Morgan fingerprint density at radius 1 is 1.55 bits per heavy atom. The molecule has 0 spiro atoms. The van der Waals surface area contributed by atoms with Gasteiger partial charge in [0.25, 0.3) is 0 Å². The lowest BCUT2D eigenvalue weighted by Gasteiger charge is -2.02. The summed E-state index contributed by atoms with van der Waals surface area (Å²) in [5, 5.41) is 0. The van der Waals surface area contributed by atoms with Crippen LogP contribution in [0.25, 0.3) is 6.08 Å². The van der Waals surface area contributed by atoms with E-state index in [1.54, 1.807) is 0 Å². The number of aryl methyl sites for hydroxylation is 1. The molecule has 0 atom stereocenters. The molecule has 0 radical (unpaired) electrons. The summed E-state index contributed by atoms with van der Waals surface area (Å²) in [5.41, 5.74) is 9.07. The first-order valence-electron chi connectivity index (χ1n) is 3.70. The summed E-state index contributed by atoms with van der Waals surface area (Å²) < 4.78 is 0. The van der Waals surface area contributed by atoms with E-state index in [0.29, 0.717) is 6.54 Å². The summed E-state index contributed by atoms with van der Waals surface area (Å²) in [7, 11) is 0. The Labute approximate surface area is 67.5 Å². The van der Waals surface area contributed by atoms with Gasteiger partial charge in [0, 0.05) is 6.54 Å². The molecule has 0 aliphatic carbocycles. The van der Waals surface area contributed by atoms with Crippen molar-refractivity contribution in [2.45, 2.75) is 13.5 Å². The van der Waals surface area contributed by atoms with E-state index < -0.39 is 0 Å². The second-order valence-electron chi connectivity index (χ2n) is 2.60. The van der Waals surface area contributed by atoms with Gasteiger partial charge in [-0.3, -0.25) is 0 Å². The average molecular weight is 147 g/mol. The Morgan fingerprint density at radius 3 is 2.82 bits per heavy atom. The van der Waals surface area contributed by atoms with Gasteiger partial charge in [0.1, 0.15) is 0 Å². The Morgan fingerprint density at radius 2 is 2.27 bits per heavy atom. The molecule has 0 unspecified atom stereocenters. The number of nitrogens with two attached hydrogens (primary N) is 1. The van der Waals surface area contributed by atoms with E-state index >= 15 is 0 Å². The molecule has 0 fully saturated rings. The summed E-state index contributed by atoms with van der Waals surface area (Å²) in [6.07, 6.45) is 1.86. The van der Waals surface area contributed by atoms with Crippen LogP contribution < -0.4 is 5.73 Å². The van der Waals surface area contributed by atoms with Crippen LogP contribution in [0.1, 0.15) is 16.7 Å². The molecule has 0 aliphatic heterocycles. The van der Waals surface area contributed by atoms with Gasteiger partial charge in [-0.15, -0.1) is 0 Å². The third kappa shape index (κ3) is 1.69. The van der Waals surface area contributed by atoms with Crippen molar-refractivity contribution in [3.05, 3.63) is 41.5 Å². The number of hydrogen-bond acceptors (Lipinski definition) is 1. The summed E-state index contributed by atoms with van der Waals surface area (Å²) in [5.74, 6) is 0. The first kappa shape index (κ1) is 8.02. The van der Waals surface area contributed by atoms with Crippen LogP contribution in [0.2, 0.25) is 0 Å². The Hall–Kier alpha value is -1.08. The molecule has 0 saturated heterocycles. The molecule has 0 aromatic heterocycles. The van der Waals surface area contributed by atoms with Gasteiger partial charge in [-0.25, -0.2) is 0 Å². The zero-order valence-corrected chi connectivity index (χ0v) is 6.80. The van der Waals surface area contributed by atoms with E-state index in [0.717, 1.165) is 5.56 Å². The second kappa shape index (κ2) is 3.35. The average Bonchev–Trinajstić information content (AvgIpc) is 2.05. The van der Waals surface area contributed by atoms with Gasteiger partial charge >= 0.3 is 0 Å². The number of hydrogen-bond donors (Lipinski definition) is 1. The van der Waals surface area contributed by atoms with Gasteiger partial charge in [0.15, 0.2) is 0 Å². The van der Waals surface area contributed by atoms with Crippen molar-refractivity contribution in [3.8, 4) is 0 Å². The molecule has 0 amide bonds. The van der Waals surface area contributed by atoms with E-state index in [9.17, 15) is 0 Å². The number of benzene rings is 1. The van der Waals surface area contributed by atoms with E-state index in [4.69, 9.17) is 5.73 Å². The third-order valence-electron chi connectivity index (χ3n) is 1.80. The summed E-state index contributed by atoms with van der Waals surface area (Å²) in [4.78, 5) is 0. The van der Waals surface area contributed by atoms with Crippen LogP contribution in [-0.2, 0) is 6.54 Å². The number of rotatable bonds is 2. The first-order valence-corrected chi connectivity index (χ1v) is 3.70. The molecule has 1 aromatic rings. The molecule has 1 heteroatoms. The molecule has 0 bridgehead atoms. The Bertz CT molecular complexity index is 264. The van der Waals surface area contributed by atoms with Crippen molar-refractivity contribution in [2.24, 2.45) is 5.73 Å². The van der Waals surface area contributed by atoms with Gasteiger partial charge < -0.3 is 5.73 Å². The van der Waals surface area contributed by atoms with Crippen LogP contribution in [0.5, 0.6) is 0 Å². The molecule has 2 N–H and O–H groups in total. The SMILES string of the molecule is C=Cc1cc(CN)ccc1C. The fourth-order valence-corrected chi connectivity index (χ4v) is 1.04. The van der Waals surface area contributed by atoms with E-state index in [1.807, 2.05) is 12.1 Å². The molecule has 58 valence electrons. The van der Waals surface area contributed by atoms with Crippen molar-refractivity contribution in [3.63, 3.8) is 0 Å². The van der Waals surface area contributed by atoms with Crippen molar-refractivity contribution >= 4 is 6.08 Å². The smallest absolute Gasteiger partial charge is 0.0178 e. The minimum atomic E-state index is 0.598. The van der Waals surface area contributed by atoms with Crippen LogP contribution in [-0.4, -0.2) is 0 Å². The normalized spacial score (nSPS) is 9.64. The molecule has 0 aliphatic rings. The van der Waals surface area contributed by atoms with Crippen LogP contribution in [0, 0.1) is 6.92 Å². The van der Waals surface area contributed by atoms with Gasteiger partial charge in [-0.1, -0.05) is 30.9 Å². The molecular formula is C10H13N. The van der Waals surface area contributed by atoms with Gasteiger partial charge in [0.2, 0.25) is 0 Å². The first-order chi connectivity index (χ1) is 5.27. The van der Waals surface area contributed by atoms with Gasteiger partial charge in [-0.05, 0) is 23.6 Å². The maximum atomic E-state index is 5.49. The zero-order valence-electron chi connectivity index (χ0n) is 6.80. The molecule has 1 rings (SSSR count). The minimum Gasteiger partial charge on any atom is -0.326 e.